The van der Waals surface area contributed by atoms with Crippen molar-refractivity contribution in [3.8, 4) is 5.69 Å². The van der Waals surface area contributed by atoms with E-state index in [1.165, 1.54) is 0 Å². The van der Waals surface area contributed by atoms with E-state index in [4.69, 9.17) is 5.73 Å². The Labute approximate surface area is 166 Å². The summed E-state index contributed by atoms with van der Waals surface area (Å²) < 4.78 is 1.95. The first-order valence-corrected chi connectivity index (χ1v) is 9.73. The SMILES string of the molecule is Cc1nn(-c2ccccc2)c(C)c1CN(C)CC(=O)N1CCC(C(N)=O)CC1. The third kappa shape index (κ3) is 4.42. The van der Waals surface area contributed by atoms with Crippen LogP contribution in [0.4, 0.5) is 0 Å². The molecule has 0 saturated carbocycles. The molecule has 28 heavy (non-hydrogen) atoms. The number of hydrogen-bond donors (Lipinski definition) is 1. The van der Waals surface area contributed by atoms with Crippen molar-refractivity contribution in [3.63, 3.8) is 0 Å². The first-order chi connectivity index (χ1) is 13.4. The zero-order valence-electron chi connectivity index (χ0n) is 16.9. The van der Waals surface area contributed by atoms with E-state index in [0.29, 0.717) is 39.0 Å². The lowest BCUT2D eigenvalue weighted by Crippen LogP contribution is -2.45. The molecule has 0 unspecified atom stereocenters. The number of aryl methyl sites for hydroxylation is 1. The molecule has 0 radical (unpaired) electrons. The summed E-state index contributed by atoms with van der Waals surface area (Å²) in [6, 6.07) is 10.1. The van der Waals surface area contributed by atoms with Gasteiger partial charge in [0, 0.05) is 36.8 Å². The van der Waals surface area contributed by atoms with Crippen LogP contribution in [0, 0.1) is 19.8 Å². The Bertz CT molecular complexity index is 838. The molecule has 7 heteroatoms. The minimum atomic E-state index is -0.259. The fourth-order valence-electron chi connectivity index (χ4n) is 3.79. The lowest BCUT2D eigenvalue weighted by Gasteiger charge is -2.31. The Morgan fingerprint density at radius 1 is 1.18 bits per heavy atom. The summed E-state index contributed by atoms with van der Waals surface area (Å²) in [4.78, 5) is 27.8. The van der Waals surface area contributed by atoms with Gasteiger partial charge in [-0.15, -0.1) is 0 Å². The number of nitrogens with two attached hydrogens (primary N) is 1. The standard InChI is InChI=1S/C21H29N5O2/c1-15-19(16(2)26(23-15)18-7-5-4-6-8-18)13-24(3)14-20(27)25-11-9-17(10-12-25)21(22)28/h4-8,17H,9-14H2,1-3H3,(H2,22,28). The second-order valence-corrected chi connectivity index (χ2v) is 7.63. The molecule has 1 fully saturated rings. The van der Waals surface area contributed by atoms with Crippen LogP contribution in [0.5, 0.6) is 0 Å². The van der Waals surface area contributed by atoms with E-state index in [1.54, 1.807) is 0 Å². The van der Waals surface area contributed by atoms with E-state index in [1.807, 2.05) is 58.8 Å². The van der Waals surface area contributed by atoms with Crippen LogP contribution in [0.1, 0.15) is 29.8 Å². The third-order valence-corrected chi connectivity index (χ3v) is 5.53. The molecule has 2 aromatic rings. The Morgan fingerprint density at radius 2 is 1.82 bits per heavy atom. The van der Waals surface area contributed by atoms with Crippen LogP contribution in [0.2, 0.25) is 0 Å². The van der Waals surface area contributed by atoms with Crippen molar-refractivity contribution in [3.05, 3.63) is 47.3 Å². The maximum atomic E-state index is 12.6. The number of amides is 2. The molecule has 0 aliphatic carbocycles. The van der Waals surface area contributed by atoms with Gasteiger partial charge < -0.3 is 10.6 Å². The second-order valence-electron chi connectivity index (χ2n) is 7.63. The number of carbonyl (C=O) groups is 2. The molecule has 1 aromatic heterocycles. The summed E-state index contributed by atoms with van der Waals surface area (Å²) in [6.45, 7) is 6.28. The molecular weight excluding hydrogens is 354 g/mol. The summed E-state index contributed by atoms with van der Waals surface area (Å²) in [6.07, 6.45) is 1.32. The minimum Gasteiger partial charge on any atom is -0.369 e. The summed E-state index contributed by atoms with van der Waals surface area (Å²) in [5.74, 6) is -0.266. The van der Waals surface area contributed by atoms with Crippen molar-refractivity contribution >= 4 is 11.8 Å². The van der Waals surface area contributed by atoms with Gasteiger partial charge in [0.1, 0.15) is 0 Å². The smallest absolute Gasteiger partial charge is 0.236 e. The van der Waals surface area contributed by atoms with E-state index < -0.39 is 0 Å². The Morgan fingerprint density at radius 3 is 2.43 bits per heavy atom. The number of likely N-dealkylation sites (tertiary alicyclic amines) is 1. The van der Waals surface area contributed by atoms with Gasteiger partial charge in [-0.3, -0.25) is 14.5 Å². The van der Waals surface area contributed by atoms with E-state index in [0.717, 1.165) is 22.6 Å². The third-order valence-electron chi connectivity index (χ3n) is 5.53. The van der Waals surface area contributed by atoms with E-state index in [-0.39, 0.29) is 17.7 Å². The number of para-hydroxylation sites is 1. The minimum absolute atomic E-state index is 0.0937. The number of aromatic nitrogens is 2. The fraction of sp³-hybridized carbons (Fsp3) is 0.476. The molecule has 2 amide bonds. The van der Waals surface area contributed by atoms with Gasteiger partial charge in [0.2, 0.25) is 11.8 Å². The maximum Gasteiger partial charge on any atom is 0.236 e. The molecule has 2 heterocycles. The lowest BCUT2D eigenvalue weighted by atomic mass is 9.96. The van der Waals surface area contributed by atoms with Crippen LogP contribution in [-0.4, -0.2) is 58.1 Å². The Balaban J connectivity index is 1.61. The first-order valence-electron chi connectivity index (χ1n) is 9.73. The summed E-state index contributed by atoms with van der Waals surface area (Å²) in [5.41, 5.74) is 9.61. The van der Waals surface area contributed by atoms with Gasteiger partial charge in [-0.25, -0.2) is 4.68 Å². The van der Waals surface area contributed by atoms with Gasteiger partial charge in [-0.1, -0.05) is 18.2 Å². The van der Waals surface area contributed by atoms with Crippen molar-refractivity contribution in [2.75, 3.05) is 26.7 Å². The number of carbonyl (C=O) groups excluding carboxylic acids is 2. The molecule has 0 atom stereocenters. The number of hydrogen-bond acceptors (Lipinski definition) is 4. The highest BCUT2D eigenvalue weighted by molar-refractivity contribution is 5.80. The molecule has 2 N–H and O–H groups in total. The van der Waals surface area contributed by atoms with Gasteiger partial charge in [0.15, 0.2) is 0 Å². The number of rotatable bonds is 6. The van der Waals surface area contributed by atoms with Crippen LogP contribution in [-0.2, 0) is 16.1 Å². The molecule has 1 saturated heterocycles. The van der Waals surface area contributed by atoms with Crippen LogP contribution in [0.25, 0.3) is 5.69 Å². The second kappa shape index (κ2) is 8.56. The highest BCUT2D eigenvalue weighted by Crippen LogP contribution is 2.20. The maximum absolute atomic E-state index is 12.6. The van der Waals surface area contributed by atoms with Crippen molar-refractivity contribution in [1.82, 2.24) is 19.6 Å². The quantitative estimate of drug-likeness (QED) is 0.822. The van der Waals surface area contributed by atoms with Crippen LogP contribution < -0.4 is 5.73 Å². The number of likely N-dealkylation sites (N-methyl/N-ethyl adjacent to an activating group) is 1. The molecule has 1 aromatic carbocycles. The van der Waals surface area contributed by atoms with Crippen LogP contribution in [0.15, 0.2) is 30.3 Å². The van der Waals surface area contributed by atoms with Gasteiger partial charge in [0.25, 0.3) is 0 Å². The predicted molar refractivity (Wildman–Crippen MR) is 108 cm³/mol. The Kier molecular flexibility index (Phi) is 6.14. The molecule has 0 bridgehead atoms. The van der Waals surface area contributed by atoms with Crippen molar-refractivity contribution < 1.29 is 9.59 Å². The fourth-order valence-corrected chi connectivity index (χ4v) is 3.79. The highest BCUT2D eigenvalue weighted by Gasteiger charge is 2.26. The van der Waals surface area contributed by atoms with Gasteiger partial charge in [0.05, 0.1) is 17.9 Å². The van der Waals surface area contributed by atoms with Crippen LogP contribution >= 0.6 is 0 Å². The van der Waals surface area contributed by atoms with Crippen molar-refractivity contribution in [2.45, 2.75) is 33.2 Å². The number of piperidine rings is 1. The van der Waals surface area contributed by atoms with Gasteiger partial charge in [-0.2, -0.15) is 5.10 Å². The molecule has 7 nitrogen and oxygen atoms in total. The summed E-state index contributed by atoms with van der Waals surface area (Å²) in [7, 11) is 1.95. The normalized spacial score (nSPS) is 15.2. The van der Waals surface area contributed by atoms with Gasteiger partial charge in [-0.05, 0) is 45.9 Å². The highest BCUT2D eigenvalue weighted by atomic mass is 16.2. The van der Waals surface area contributed by atoms with Crippen molar-refractivity contribution in [2.24, 2.45) is 11.7 Å². The molecular formula is C21H29N5O2. The molecule has 3 rings (SSSR count). The molecule has 150 valence electrons. The zero-order chi connectivity index (χ0) is 20.3. The monoisotopic (exact) mass is 383 g/mol. The predicted octanol–water partition coefficient (Wildman–Crippen LogP) is 1.64. The number of primary amides is 1. The lowest BCUT2D eigenvalue weighted by molar-refractivity contribution is -0.135. The average Bonchev–Trinajstić information content (AvgIpc) is 2.97. The van der Waals surface area contributed by atoms with E-state index >= 15 is 0 Å². The number of nitrogens with zero attached hydrogens (tertiary/aromatic N) is 4. The van der Waals surface area contributed by atoms with Crippen molar-refractivity contribution in [1.29, 1.82) is 0 Å². The van der Waals surface area contributed by atoms with Crippen LogP contribution in [0.3, 0.4) is 0 Å². The van der Waals surface area contributed by atoms with E-state index in [9.17, 15) is 9.59 Å². The molecule has 0 spiro atoms. The summed E-state index contributed by atoms with van der Waals surface area (Å²) >= 11 is 0. The molecule has 1 aliphatic heterocycles. The van der Waals surface area contributed by atoms with E-state index in [2.05, 4.69) is 12.0 Å². The molecule has 1 aliphatic rings. The topological polar surface area (TPSA) is 84.5 Å². The Hall–Kier alpha value is -2.67. The van der Waals surface area contributed by atoms with Gasteiger partial charge >= 0.3 is 0 Å². The number of benzene rings is 1. The zero-order valence-corrected chi connectivity index (χ0v) is 16.9. The summed E-state index contributed by atoms with van der Waals surface area (Å²) in [5, 5.41) is 4.68. The largest absolute Gasteiger partial charge is 0.369 e. The first kappa shape index (κ1) is 20.1. The average molecular weight is 383 g/mol.